The molecular weight excluding hydrogens is 254 g/mol. The van der Waals surface area contributed by atoms with Crippen molar-refractivity contribution in [3.05, 3.63) is 35.9 Å². The Morgan fingerprint density at radius 3 is 2.65 bits per heavy atom. The Morgan fingerprint density at radius 1 is 1.25 bits per heavy atom. The third-order valence-corrected chi connectivity index (χ3v) is 4.46. The first-order valence-corrected chi connectivity index (χ1v) is 7.29. The molecule has 4 nitrogen and oxygen atoms in total. The monoisotopic (exact) mass is 275 g/mol. The van der Waals surface area contributed by atoms with Crippen LogP contribution in [0.25, 0.3) is 0 Å². The molecule has 1 spiro atoms. The van der Waals surface area contributed by atoms with Crippen molar-refractivity contribution >= 4 is 5.91 Å². The van der Waals surface area contributed by atoms with Crippen LogP contribution in [0.2, 0.25) is 0 Å². The van der Waals surface area contributed by atoms with Crippen LogP contribution in [-0.2, 0) is 16.1 Å². The van der Waals surface area contributed by atoms with Crippen molar-refractivity contribution in [1.82, 2.24) is 4.90 Å². The summed E-state index contributed by atoms with van der Waals surface area (Å²) >= 11 is 0. The molecule has 1 unspecified atom stereocenters. The first-order chi connectivity index (χ1) is 9.70. The lowest BCUT2D eigenvalue weighted by Gasteiger charge is -2.45. The molecule has 2 heterocycles. The number of β-amino-alcohol motifs (C(OH)–C–C–N with tert-alkyl or cyclic N) is 1. The summed E-state index contributed by atoms with van der Waals surface area (Å²) in [6.45, 7) is 2.27. The predicted octanol–water partition coefficient (Wildman–Crippen LogP) is 1.58. The molecule has 0 radical (unpaired) electrons. The van der Waals surface area contributed by atoms with E-state index >= 15 is 0 Å². The van der Waals surface area contributed by atoms with Gasteiger partial charge in [0.15, 0.2) is 0 Å². The molecule has 0 aliphatic carbocycles. The summed E-state index contributed by atoms with van der Waals surface area (Å²) in [6, 6.07) is 9.96. The molecule has 1 aromatic rings. The molecule has 1 atom stereocenters. The summed E-state index contributed by atoms with van der Waals surface area (Å²) in [5.41, 5.74) is 0.710. The highest BCUT2D eigenvalue weighted by atomic mass is 16.5. The number of rotatable bonds is 2. The van der Waals surface area contributed by atoms with Crippen molar-refractivity contribution in [2.75, 3.05) is 19.8 Å². The topological polar surface area (TPSA) is 49.8 Å². The summed E-state index contributed by atoms with van der Waals surface area (Å²) < 4.78 is 5.38. The van der Waals surface area contributed by atoms with Gasteiger partial charge in [-0.25, -0.2) is 0 Å². The van der Waals surface area contributed by atoms with Crippen molar-refractivity contribution in [3.8, 4) is 0 Å². The van der Waals surface area contributed by atoms with Crippen molar-refractivity contribution in [2.24, 2.45) is 5.41 Å². The number of carbonyl (C=O) groups is 1. The predicted molar refractivity (Wildman–Crippen MR) is 75.0 cm³/mol. The van der Waals surface area contributed by atoms with E-state index in [0.29, 0.717) is 32.7 Å². The van der Waals surface area contributed by atoms with Crippen LogP contribution < -0.4 is 0 Å². The molecule has 3 rings (SSSR count). The number of hydrogen-bond donors (Lipinski definition) is 1. The second kappa shape index (κ2) is 5.54. The Bertz CT molecular complexity index is 468. The smallest absolute Gasteiger partial charge is 0.229 e. The van der Waals surface area contributed by atoms with E-state index in [-0.39, 0.29) is 5.91 Å². The van der Waals surface area contributed by atoms with Gasteiger partial charge in [-0.1, -0.05) is 30.3 Å². The van der Waals surface area contributed by atoms with E-state index in [2.05, 4.69) is 0 Å². The highest BCUT2D eigenvalue weighted by Gasteiger charge is 2.47. The highest BCUT2D eigenvalue weighted by molar-refractivity contribution is 5.83. The van der Waals surface area contributed by atoms with Gasteiger partial charge in [0.2, 0.25) is 5.91 Å². The van der Waals surface area contributed by atoms with E-state index < -0.39 is 11.5 Å². The molecule has 2 aliphatic rings. The van der Waals surface area contributed by atoms with Crippen LogP contribution in [-0.4, -0.2) is 41.8 Å². The average Bonchev–Trinajstić information content (AvgIpc) is 2.46. The van der Waals surface area contributed by atoms with Gasteiger partial charge in [-0.3, -0.25) is 4.79 Å². The van der Waals surface area contributed by atoms with E-state index in [1.54, 1.807) is 0 Å². The highest BCUT2D eigenvalue weighted by Crippen LogP contribution is 2.40. The SMILES string of the molecule is O=C1N(Cc2ccccc2)CC(O)CC12CCOCC2. The fraction of sp³-hybridized carbons (Fsp3) is 0.562. The zero-order valence-corrected chi connectivity index (χ0v) is 11.6. The van der Waals surface area contributed by atoms with Gasteiger partial charge in [0.05, 0.1) is 11.5 Å². The number of hydrogen-bond acceptors (Lipinski definition) is 3. The molecule has 108 valence electrons. The number of benzene rings is 1. The van der Waals surface area contributed by atoms with Crippen LogP contribution in [0.5, 0.6) is 0 Å². The third-order valence-electron chi connectivity index (χ3n) is 4.46. The molecular formula is C16H21NO3. The molecule has 1 N–H and O–H groups in total. The molecule has 20 heavy (non-hydrogen) atoms. The molecule has 1 amide bonds. The molecule has 2 aliphatic heterocycles. The Morgan fingerprint density at radius 2 is 1.95 bits per heavy atom. The second-order valence-corrected chi connectivity index (χ2v) is 5.92. The van der Waals surface area contributed by atoms with Crippen molar-refractivity contribution < 1.29 is 14.6 Å². The van der Waals surface area contributed by atoms with Crippen molar-refractivity contribution in [3.63, 3.8) is 0 Å². The Kier molecular flexibility index (Phi) is 3.76. The number of likely N-dealkylation sites (tertiary alicyclic amines) is 1. The van der Waals surface area contributed by atoms with E-state index in [4.69, 9.17) is 4.74 Å². The lowest BCUT2D eigenvalue weighted by molar-refractivity contribution is -0.160. The average molecular weight is 275 g/mol. The van der Waals surface area contributed by atoms with Crippen LogP contribution >= 0.6 is 0 Å². The maximum Gasteiger partial charge on any atom is 0.229 e. The van der Waals surface area contributed by atoms with E-state index in [9.17, 15) is 9.90 Å². The lowest BCUT2D eigenvalue weighted by Crippen LogP contribution is -2.55. The number of amides is 1. The summed E-state index contributed by atoms with van der Waals surface area (Å²) in [6.07, 6.45) is 1.62. The first-order valence-electron chi connectivity index (χ1n) is 7.29. The molecule has 1 aromatic carbocycles. The standard InChI is InChI=1S/C16H21NO3/c18-14-10-16(6-8-20-9-7-16)15(19)17(12-14)11-13-4-2-1-3-5-13/h1-5,14,18H,6-12H2. The second-order valence-electron chi connectivity index (χ2n) is 5.92. The quantitative estimate of drug-likeness (QED) is 0.891. The summed E-state index contributed by atoms with van der Waals surface area (Å²) in [5, 5.41) is 10.2. The van der Waals surface area contributed by atoms with Crippen LogP contribution in [0.4, 0.5) is 0 Å². The van der Waals surface area contributed by atoms with Gasteiger partial charge in [0.1, 0.15) is 0 Å². The maximum atomic E-state index is 12.8. The minimum absolute atomic E-state index is 0.190. The van der Waals surface area contributed by atoms with E-state index in [0.717, 1.165) is 18.4 Å². The van der Waals surface area contributed by atoms with Gasteiger partial charge in [-0.2, -0.15) is 0 Å². The maximum absolute atomic E-state index is 12.8. The van der Waals surface area contributed by atoms with Crippen LogP contribution in [0.1, 0.15) is 24.8 Å². The van der Waals surface area contributed by atoms with Gasteiger partial charge < -0.3 is 14.7 Å². The van der Waals surface area contributed by atoms with Crippen LogP contribution in [0.3, 0.4) is 0 Å². The molecule has 0 aromatic heterocycles. The summed E-state index contributed by atoms with van der Waals surface area (Å²) in [5.74, 6) is 0.190. The Labute approximate surface area is 119 Å². The summed E-state index contributed by atoms with van der Waals surface area (Å²) in [4.78, 5) is 14.6. The lowest BCUT2D eigenvalue weighted by atomic mass is 9.72. The minimum Gasteiger partial charge on any atom is -0.391 e. The molecule has 0 saturated carbocycles. The van der Waals surface area contributed by atoms with Gasteiger partial charge >= 0.3 is 0 Å². The molecule has 2 saturated heterocycles. The first kappa shape index (κ1) is 13.6. The van der Waals surface area contributed by atoms with Crippen LogP contribution in [0.15, 0.2) is 30.3 Å². The van der Waals surface area contributed by atoms with Gasteiger partial charge in [0.25, 0.3) is 0 Å². The van der Waals surface area contributed by atoms with E-state index in [1.807, 2.05) is 35.2 Å². The largest absolute Gasteiger partial charge is 0.391 e. The van der Waals surface area contributed by atoms with Crippen molar-refractivity contribution in [2.45, 2.75) is 31.9 Å². The number of carbonyl (C=O) groups excluding carboxylic acids is 1. The normalized spacial score (nSPS) is 25.9. The Hall–Kier alpha value is -1.39. The zero-order chi connectivity index (χ0) is 14.0. The van der Waals surface area contributed by atoms with Gasteiger partial charge in [-0.05, 0) is 24.8 Å². The van der Waals surface area contributed by atoms with Crippen LogP contribution in [0, 0.1) is 5.41 Å². The third kappa shape index (κ3) is 2.58. The fourth-order valence-corrected chi connectivity index (χ4v) is 3.40. The number of ether oxygens (including phenoxy) is 1. The Balaban J connectivity index is 1.78. The number of aliphatic hydroxyl groups is 1. The fourth-order valence-electron chi connectivity index (χ4n) is 3.40. The van der Waals surface area contributed by atoms with Crippen molar-refractivity contribution in [1.29, 1.82) is 0 Å². The molecule has 4 heteroatoms. The number of aliphatic hydroxyl groups excluding tert-OH is 1. The van der Waals surface area contributed by atoms with E-state index in [1.165, 1.54) is 0 Å². The molecule has 0 bridgehead atoms. The summed E-state index contributed by atoms with van der Waals surface area (Å²) in [7, 11) is 0. The van der Waals surface area contributed by atoms with Gasteiger partial charge in [-0.15, -0.1) is 0 Å². The van der Waals surface area contributed by atoms with Gasteiger partial charge in [0, 0.05) is 26.3 Å². The molecule has 2 fully saturated rings. The number of nitrogens with zero attached hydrogens (tertiary/aromatic N) is 1. The zero-order valence-electron chi connectivity index (χ0n) is 11.6. The number of piperidine rings is 1. The minimum atomic E-state index is -0.422.